The smallest absolute Gasteiger partial charge is 0.244 e. The summed E-state index contributed by atoms with van der Waals surface area (Å²) in [5.41, 5.74) is 2.76. The van der Waals surface area contributed by atoms with Crippen LogP contribution in [-0.2, 0) is 11.3 Å². The quantitative estimate of drug-likeness (QED) is 0.478. The highest BCUT2D eigenvalue weighted by Gasteiger charge is 2.07. The molecule has 0 aliphatic carbocycles. The molecular formula is C23H25N3O3S. The van der Waals surface area contributed by atoms with Gasteiger partial charge in [0.05, 0.1) is 25.5 Å². The topological polar surface area (TPSA) is 73.3 Å². The van der Waals surface area contributed by atoms with Crippen LogP contribution in [0.3, 0.4) is 0 Å². The Morgan fingerprint density at radius 3 is 2.73 bits per heavy atom. The Morgan fingerprint density at radius 1 is 1.13 bits per heavy atom. The van der Waals surface area contributed by atoms with E-state index in [4.69, 9.17) is 9.47 Å². The number of nitrogens with one attached hydrogen (secondary N) is 1. The van der Waals surface area contributed by atoms with E-state index in [-0.39, 0.29) is 5.91 Å². The van der Waals surface area contributed by atoms with Crippen molar-refractivity contribution in [3.8, 4) is 22.8 Å². The van der Waals surface area contributed by atoms with Gasteiger partial charge in [0, 0.05) is 29.4 Å². The fraction of sp³-hybridized carbons (Fsp3) is 0.261. The summed E-state index contributed by atoms with van der Waals surface area (Å²) in [4.78, 5) is 20.8. The minimum Gasteiger partial charge on any atom is -0.490 e. The molecule has 0 aliphatic heterocycles. The van der Waals surface area contributed by atoms with E-state index >= 15 is 0 Å². The summed E-state index contributed by atoms with van der Waals surface area (Å²) in [5, 5.41) is 5.69. The number of amides is 1. The number of carbonyl (C=O) groups excluding carboxylic acids is 1. The lowest BCUT2D eigenvalue weighted by Gasteiger charge is -2.12. The van der Waals surface area contributed by atoms with E-state index in [0.29, 0.717) is 31.3 Å². The molecule has 0 bridgehead atoms. The summed E-state index contributed by atoms with van der Waals surface area (Å²) in [6.45, 7) is 5.55. The number of thiazole rings is 1. The maximum absolute atomic E-state index is 12.2. The molecule has 0 radical (unpaired) electrons. The van der Waals surface area contributed by atoms with Crippen molar-refractivity contribution in [3.05, 3.63) is 64.8 Å². The Balaban J connectivity index is 1.57. The second-order valence-corrected chi connectivity index (χ2v) is 7.34. The van der Waals surface area contributed by atoms with Gasteiger partial charge in [-0.05, 0) is 49.2 Å². The van der Waals surface area contributed by atoms with Crippen LogP contribution >= 0.6 is 11.3 Å². The second-order valence-electron chi connectivity index (χ2n) is 6.40. The van der Waals surface area contributed by atoms with Crippen molar-refractivity contribution in [3.63, 3.8) is 0 Å². The van der Waals surface area contributed by atoms with Gasteiger partial charge in [-0.1, -0.05) is 13.0 Å². The first kappa shape index (κ1) is 21.5. The molecule has 3 rings (SSSR count). The number of rotatable bonds is 10. The molecule has 3 aromatic rings. The van der Waals surface area contributed by atoms with Gasteiger partial charge in [-0.25, -0.2) is 4.98 Å². The molecule has 1 aromatic carbocycles. The van der Waals surface area contributed by atoms with Crippen molar-refractivity contribution in [2.45, 2.75) is 26.8 Å². The normalized spacial score (nSPS) is 10.9. The van der Waals surface area contributed by atoms with Crippen molar-refractivity contribution in [2.75, 3.05) is 13.2 Å². The number of ether oxygens (including phenoxy) is 2. The van der Waals surface area contributed by atoms with Crippen molar-refractivity contribution in [1.29, 1.82) is 0 Å². The molecule has 0 saturated carbocycles. The second kappa shape index (κ2) is 11.1. The summed E-state index contributed by atoms with van der Waals surface area (Å²) in [7, 11) is 0. The van der Waals surface area contributed by atoms with Crippen LogP contribution in [0.4, 0.5) is 0 Å². The summed E-state index contributed by atoms with van der Waals surface area (Å²) in [5.74, 6) is 1.22. The zero-order valence-electron chi connectivity index (χ0n) is 17.1. The molecule has 0 spiro atoms. The lowest BCUT2D eigenvalue weighted by molar-refractivity contribution is -0.116. The zero-order valence-corrected chi connectivity index (χ0v) is 17.9. The average molecular weight is 424 g/mol. The van der Waals surface area contributed by atoms with Gasteiger partial charge in [-0.3, -0.25) is 9.78 Å². The summed E-state index contributed by atoms with van der Waals surface area (Å²) in [6.07, 6.45) is 7.66. The first-order valence-electron chi connectivity index (χ1n) is 9.90. The summed E-state index contributed by atoms with van der Waals surface area (Å²) >= 11 is 1.52. The van der Waals surface area contributed by atoms with Crippen LogP contribution in [-0.4, -0.2) is 29.1 Å². The summed E-state index contributed by atoms with van der Waals surface area (Å²) in [6, 6.07) is 9.47. The van der Waals surface area contributed by atoms with Gasteiger partial charge in [0.2, 0.25) is 5.91 Å². The Kier molecular flexibility index (Phi) is 7.97. The third kappa shape index (κ3) is 6.15. The minimum atomic E-state index is -0.181. The Morgan fingerprint density at radius 2 is 1.97 bits per heavy atom. The van der Waals surface area contributed by atoms with Crippen molar-refractivity contribution in [1.82, 2.24) is 15.3 Å². The van der Waals surface area contributed by atoms with Crippen molar-refractivity contribution in [2.24, 2.45) is 0 Å². The third-order valence-electron chi connectivity index (χ3n) is 4.10. The number of hydrogen-bond donors (Lipinski definition) is 1. The van der Waals surface area contributed by atoms with Crippen LogP contribution in [0.15, 0.2) is 54.2 Å². The highest BCUT2D eigenvalue weighted by molar-refractivity contribution is 7.09. The molecule has 2 heterocycles. The summed E-state index contributed by atoms with van der Waals surface area (Å²) < 4.78 is 11.4. The predicted octanol–water partition coefficient (Wildman–Crippen LogP) is 4.72. The molecule has 7 heteroatoms. The number of hydrogen-bond acceptors (Lipinski definition) is 6. The van der Waals surface area contributed by atoms with Crippen molar-refractivity contribution >= 4 is 23.3 Å². The Hall–Kier alpha value is -3.19. The lowest BCUT2D eigenvalue weighted by atomic mass is 10.2. The molecule has 0 fully saturated rings. The fourth-order valence-corrected chi connectivity index (χ4v) is 3.41. The Bertz CT molecular complexity index is 986. The molecule has 30 heavy (non-hydrogen) atoms. The average Bonchev–Trinajstić information content (AvgIpc) is 3.25. The standard InChI is InChI=1S/C23H25N3O3S/c1-3-13-29-20-7-5-17(14-21(20)28-4-2)6-8-22(27)25-15-23-26-19(16-30-23)18-9-11-24-12-10-18/h5-12,14,16H,3-4,13,15H2,1-2H3,(H,25,27)/b8-6+. The molecule has 0 unspecified atom stereocenters. The molecular weight excluding hydrogens is 398 g/mol. The first-order valence-corrected chi connectivity index (χ1v) is 10.8. The highest BCUT2D eigenvalue weighted by atomic mass is 32.1. The Labute approximate surface area is 180 Å². The van der Waals surface area contributed by atoms with Gasteiger partial charge >= 0.3 is 0 Å². The number of carbonyl (C=O) groups is 1. The number of benzene rings is 1. The molecule has 1 amide bonds. The zero-order chi connectivity index (χ0) is 21.2. The number of aromatic nitrogens is 2. The minimum absolute atomic E-state index is 0.181. The number of pyridine rings is 1. The van der Waals surface area contributed by atoms with Crippen molar-refractivity contribution < 1.29 is 14.3 Å². The molecule has 0 atom stereocenters. The van der Waals surface area contributed by atoms with E-state index in [0.717, 1.165) is 28.2 Å². The predicted molar refractivity (Wildman–Crippen MR) is 120 cm³/mol. The van der Waals surface area contributed by atoms with Crippen LogP contribution in [0.2, 0.25) is 0 Å². The molecule has 1 N–H and O–H groups in total. The van der Waals surface area contributed by atoms with Crippen LogP contribution < -0.4 is 14.8 Å². The monoisotopic (exact) mass is 423 g/mol. The van der Waals surface area contributed by atoms with Gasteiger partial charge in [0.15, 0.2) is 11.5 Å². The van der Waals surface area contributed by atoms with Crippen LogP contribution in [0, 0.1) is 0 Å². The highest BCUT2D eigenvalue weighted by Crippen LogP contribution is 2.29. The van der Waals surface area contributed by atoms with E-state index < -0.39 is 0 Å². The van der Waals surface area contributed by atoms with Gasteiger partial charge in [0.25, 0.3) is 0 Å². The molecule has 6 nitrogen and oxygen atoms in total. The van der Waals surface area contributed by atoms with Gasteiger partial charge < -0.3 is 14.8 Å². The SMILES string of the molecule is CCCOc1ccc(/C=C/C(=O)NCc2nc(-c3ccncc3)cs2)cc1OCC. The van der Waals surface area contributed by atoms with Gasteiger partial charge in [-0.15, -0.1) is 11.3 Å². The third-order valence-corrected chi connectivity index (χ3v) is 4.95. The van der Waals surface area contributed by atoms with Gasteiger partial charge in [-0.2, -0.15) is 0 Å². The first-order chi connectivity index (χ1) is 14.7. The molecule has 156 valence electrons. The van der Waals surface area contributed by atoms with Crippen LogP contribution in [0.1, 0.15) is 30.8 Å². The lowest BCUT2D eigenvalue weighted by Crippen LogP contribution is -2.20. The molecule has 0 aliphatic rings. The molecule has 2 aromatic heterocycles. The van der Waals surface area contributed by atoms with E-state index in [2.05, 4.69) is 22.2 Å². The van der Waals surface area contributed by atoms with E-state index in [1.54, 1.807) is 18.5 Å². The molecule has 0 saturated heterocycles. The van der Waals surface area contributed by atoms with E-state index in [1.165, 1.54) is 17.4 Å². The maximum atomic E-state index is 12.2. The van der Waals surface area contributed by atoms with E-state index in [1.807, 2.05) is 42.6 Å². The maximum Gasteiger partial charge on any atom is 0.244 e. The number of nitrogens with zero attached hydrogens (tertiary/aromatic N) is 2. The largest absolute Gasteiger partial charge is 0.490 e. The fourth-order valence-electron chi connectivity index (χ4n) is 2.67. The van der Waals surface area contributed by atoms with Crippen LogP contribution in [0.25, 0.3) is 17.3 Å². The van der Waals surface area contributed by atoms with Gasteiger partial charge in [0.1, 0.15) is 5.01 Å². The van der Waals surface area contributed by atoms with E-state index in [9.17, 15) is 4.79 Å². The van der Waals surface area contributed by atoms with Crippen LogP contribution in [0.5, 0.6) is 11.5 Å².